The molecule has 0 saturated carbocycles. The minimum Gasteiger partial charge on any atom is -0.508 e. The molecule has 0 spiro atoms. The highest BCUT2D eigenvalue weighted by molar-refractivity contribution is 6.34. The molecule has 0 radical (unpaired) electrons. The first-order valence-corrected chi connectivity index (χ1v) is 4.61. The molecule has 1 aromatic carbocycles. The molecule has 1 aliphatic rings. The second kappa shape index (κ2) is 3.04. The minimum atomic E-state index is 0.0437. The quantitative estimate of drug-likeness (QED) is 0.693. The number of phenols is 1. The molecule has 0 atom stereocenters. The van der Waals surface area contributed by atoms with Gasteiger partial charge in [0.2, 0.25) is 0 Å². The van der Waals surface area contributed by atoms with Crippen LogP contribution in [0, 0.1) is 0 Å². The highest BCUT2D eigenvalue weighted by Gasteiger charge is 2.22. The number of aromatic hydroxyl groups is 1. The Morgan fingerprint density at radius 2 is 2.08 bits per heavy atom. The number of hydrogen-bond acceptors (Lipinski definition) is 2. The summed E-state index contributed by atoms with van der Waals surface area (Å²) in [6, 6.07) is 3.11. The van der Waals surface area contributed by atoms with Crippen LogP contribution < -0.4 is 0 Å². The van der Waals surface area contributed by atoms with Crippen molar-refractivity contribution in [2.75, 3.05) is 0 Å². The Bertz CT molecular complexity index is 371. The molecule has 0 aromatic heterocycles. The van der Waals surface area contributed by atoms with Gasteiger partial charge in [-0.15, -0.1) is 0 Å². The molecule has 0 amide bonds. The van der Waals surface area contributed by atoms with Gasteiger partial charge in [-0.3, -0.25) is 4.79 Å². The molecule has 1 aliphatic carbocycles. The Morgan fingerprint density at radius 1 is 1.31 bits per heavy atom. The van der Waals surface area contributed by atoms with Gasteiger partial charge in [0.1, 0.15) is 5.75 Å². The molecule has 68 valence electrons. The molecule has 0 saturated heterocycles. The van der Waals surface area contributed by atoms with Crippen LogP contribution >= 0.6 is 11.6 Å². The maximum atomic E-state index is 11.5. The summed E-state index contributed by atoms with van der Waals surface area (Å²) in [5.41, 5.74) is 1.23. The molecule has 0 heterocycles. The van der Waals surface area contributed by atoms with Crippen LogP contribution in [0.2, 0.25) is 5.02 Å². The lowest BCUT2D eigenvalue weighted by Crippen LogP contribution is -2.11. The lowest BCUT2D eigenvalue weighted by Gasteiger charge is -2.16. The Morgan fingerprint density at radius 3 is 2.77 bits per heavy atom. The summed E-state index contributed by atoms with van der Waals surface area (Å²) in [7, 11) is 0. The van der Waals surface area contributed by atoms with Crippen molar-refractivity contribution >= 4 is 17.4 Å². The Hall–Kier alpha value is -1.02. The number of Topliss-reactive ketones (excluding diaryl/α,β-unsaturated/α-hetero) is 1. The van der Waals surface area contributed by atoms with Crippen LogP contribution in [0.1, 0.15) is 28.8 Å². The van der Waals surface area contributed by atoms with Crippen molar-refractivity contribution in [2.45, 2.75) is 19.3 Å². The van der Waals surface area contributed by atoms with Gasteiger partial charge in [-0.2, -0.15) is 0 Å². The van der Waals surface area contributed by atoms with E-state index in [0.29, 0.717) is 22.6 Å². The summed E-state index contributed by atoms with van der Waals surface area (Å²) in [6.07, 6.45) is 2.09. The normalized spacial score (nSPS) is 15.6. The molecule has 2 rings (SSSR count). The highest BCUT2D eigenvalue weighted by Crippen LogP contribution is 2.33. The monoisotopic (exact) mass is 196 g/mol. The fraction of sp³-hybridized carbons (Fsp3) is 0.300. The third-order valence-corrected chi connectivity index (χ3v) is 2.66. The molecule has 0 fully saturated rings. The van der Waals surface area contributed by atoms with Crippen LogP contribution in [0.5, 0.6) is 5.75 Å². The number of ketones is 1. The number of fused-ring (bicyclic) bond motifs is 1. The number of hydrogen-bond donors (Lipinski definition) is 1. The van der Waals surface area contributed by atoms with Crippen molar-refractivity contribution in [3.8, 4) is 5.75 Å². The second-order valence-electron chi connectivity index (χ2n) is 3.20. The number of phenolic OH excluding ortho intramolecular Hbond substituents is 1. The topological polar surface area (TPSA) is 37.3 Å². The standard InChI is InChI=1S/C10H9ClO2/c11-7-4-5-8(12)6-2-1-3-9(13)10(6)7/h4-5,12H,1-3H2. The van der Waals surface area contributed by atoms with Crippen molar-refractivity contribution in [1.82, 2.24) is 0 Å². The molecule has 0 unspecified atom stereocenters. The van der Waals surface area contributed by atoms with E-state index in [0.717, 1.165) is 12.8 Å². The zero-order valence-corrected chi connectivity index (χ0v) is 7.77. The zero-order valence-electron chi connectivity index (χ0n) is 7.01. The largest absolute Gasteiger partial charge is 0.508 e. The minimum absolute atomic E-state index is 0.0437. The van der Waals surface area contributed by atoms with Crippen molar-refractivity contribution in [2.24, 2.45) is 0 Å². The summed E-state index contributed by atoms with van der Waals surface area (Å²) in [6.45, 7) is 0. The lowest BCUT2D eigenvalue weighted by molar-refractivity contribution is 0.0972. The van der Waals surface area contributed by atoms with E-state index in [2.05, 4.69) is 0 Å². The molecule has 13 heavy (non-hydrogen) atoms. The van der Waals surface area contributed by atoms with Crippen molar-refractivity contribution in [1.29, 1.82) is 0 Å². The molecular formula is C10H9ClO2. The summed E-state index contributed by atoms with van der Waals surface area (Å²) < 4.78 is 0. The Balaban J connectivity index is 2.67. The lowest BCUT2D eigenvalue weighted by atomic mass is 9.90. The van der Waals surface area contributed by atoms with Crippen molar-refractivity contribution in [3.05, 3.63) is 28.3 Å². The van der Waals surface area contributed by atoms with E-state index < -0.39 is 0 Å². The van der Waals surface area contributed by atoms with Gasteiger partial charge in [-0.1, -0.05) is 11.6 Å². The van der Waals surface area contributed by atoms with Crippen molar-refractivity contribution < 1.29 is 9.90 Å². The number of carbonyl (C=O) groups is 1. The maximum Gasteiger partial charge on any atom is 0.164 e. The maximum absolute atomic E-state index is 11.5. The molecule has 0 aliphatic heterocycles. The van der Waals surface area contributed by atoms with E-state index in [4.69, 9.17) is 11.6 Å². The second-order valence-corrected chi connectivity index (χ2v) is 3.60. The van der Waals surface area contributed by atoms with Crippen LogP contribution in [0.4, 0.5) is 0 Å². The first-order chi connectivity index (χ1) is 6.20. The first-order valence-electron chi connectivity index (χ1n) is 4.23. The SMILES string of the molecule is O=C1CCCc2c(O)ccc(Cl)c21. The number of benzene rings is 1. The third-order valence-electron chi connectivity index (χ3n) is 2.35. The van der Waals surface area contributed by atoms with Gasteiger partial charge in [0.05, 0.1) is 5.02 Å². The molecular weight excluding hydrogens is 188 g/mol. The zero-order chi connectivity index (χ0) is 9.42. The molecule has 0 bridgehead atoms. The fourth-order valence-electron chi connectivity index (χ4n) is 1.71. The highest BCUT2D eigenvalue weighted by atomic mass is 35.5. The third kappa shape index (κ3) is 1.31. The van der Waals surface area contributed by atoms with Crippen LogP contribution in [0.15, 0.2) is 12.1 Å². The van der Waals surface area contributed by atoms with Crippen LogP contribution in [-0.4, -0.2) is 10.9 Å². The average molecular weight is 197 g/mol. The average Bonchev–Trinajstić information content (AvgIpc) is 2.12. The number of halogens is 1. The van der Waals surface area contributed by atoms with Crippen LogP contribution in [-0.2, 0) is 6.42 Å². The van der Waals surface area contributed by atoms with Gasteiger partial charge in [0.25, 0.3) is 0 Å². The van der Waals surface area contributed by atoms with E-state index >= 15 is 0 Å². The first kappa shape index (κ1) is 8.57. The summed E-state index contributed by atoms with van der Waals surface area (Å²) in [4.78, 5) is 11.5. The predicted molar refractivity (Wildman–Crippen MR) is 50.4 cm³/mol. The van der Waals surface area contributed by atoms with E-state index in [-0.39, 0.29) is 11.5 Å². The van der Waals surface area contributed by atoms with E-state index in [1.165, 1.54) is 0 Å². The van der Waals surface area contributed by atoms with Gasteiger partial charge < -0.3 is 5.11 Å². The van der Waals surface area contributed by atoms with E-state index in [9.17, 15) is 9.90 Å². The summed E-state index contributed by atoms with van der Waals surface area (Å²) in [5, 5.41) is 9.94. The molecule has 1 N–H and O–H groups in total. The fourth-order valence-corrected chi connectivity index (χ4v) is 2.00. The van der Waals surface area contributed by atoms with Gasteiger partial charge >= 0.3 is 0 Å². The number of carbonyl (C=O) groups excluding carboxylic acids is 1. The van der Waals surface area contributed by atoms with Gasteiger partial charge in [-0.05, 0) is 25.0 Å². The van der Waals surface area contributed by atoms with E-state index in [1.807, 2.05) is 0 Å². The summed E-state index contributed by atoms with van der Waals surface area (Å²) >= 11 is 5.88. The van der Waals surface area contributed by atoms with Gasteiger partial charge in [-0.25, -0.2) is 0 Å². The van der Waals surface area contributed by atoms with Gasteiger partial charge in [0.15, 0.2) is 5.78 Å². The van der Waals surface area contributed by atoms with Crippen LogP contribution in [0.25, 0.3) is 0 Å². The smallest absolute Gasteiger partial charge is 0.164 e. The Kier molecular flexibility index (Phi) is 2.00. The summed E-state index contributed by atoms with van der Waals surface area (Å²) in [5.74, 6) is 0.231. The molecule has 2 nitrogen and oxygen atoms in total. The predicted octanol–water partition coefficient (Wildman–Crippen LogP) is 2.56. The van der Waals surface area contributed by atoms with Gasteiger partial charge in [0, 0.05) is 17.5 Å². The van der Waals surface area contributed by atoms with Crippen LogP contribution in [0.3, 0.4) is 0 Å². The molecule has 1 aromatic rings. The number of rotatable bonds is 0. The van der Waals surface area contributed by atoms with Crippen molar-refractivity contribution in [3.63, 3.8) is 0 Å². The Labute approximate surface area is 81.1 Å². The van der Waals surface area contributed by atoms with E-state index in [1.54, 1.807) is 12.1 Å². The molecule has 3 heteroatoms.